The average Bonchev–Trinajstić information content (AvgIpc) is 3.41. The summed E-state index contributed by atoms with van der Waals surface area (Å²) in [4.78, 5) is 40.1. The van der Waals surface area contributed by atoms with Gasteiger partial charge in [0.2, 0.25) is 5.91 Å². The molecule has 0 heterocycles. The molecule has 0 aromatic carbocycles. The third kappa shape index (κ3) is 59.9. The number of unbranched alkanes of at least 4 members (excludes halogenated alkanes) is 34. The molecular weight excluding hydrogens is 1000 g/mol. The van der Waals surface area contributed by atoms with Crippen LogP contribution in [-0.2, 0) is 27.9 Å². The molecule has 0 fully saturated rings. The number of phosphoric acid groups is 1. The summed E-state index contributed by atoms with van der Waals surface area (Å²) in [6.45, 7) is 6.81. The van der Waals surface area contributed by atoms with E-state index in [0.29, 0.717) is 23.9 Å². The summed E-state index contributed by atoms with van der Waals surface area (Å²) in [5.41, 5.74) is 0. The molecule has 9 nitrogen and oxygen atoms in total. The number of rotatable bonds is 60. The predicted molar refractivity (Wildman–Crippen MR) is 339 cm³/mol. The molecule has 460 valence electrons. The Morgan fingerprint density at radius 2 is 0.772 bits per heavy atom. The molecule has 0 aliphatic rings. The first-order valence-electron chi connectivity index (χ1n) is 33.2. The van der Waals surface area contributed by atoms with E-state index in [2.05, 4.69) is 86.8 Å². The normalized spacial score (nSPS) is 14.1. The molecule has 0 rings (SSSR count). The molecule has 1 N–H and O–H groups in total. The van der Waals surface area contributed by atoms with E-state index >= 15 is 0 Å². The monoisotopic (exact) mass is 1130 g/mol. The third-order valence-corrected chi connectivity index (χ3v) is 15.6. The number of ether oxygens (including phenoxy) is 1. The first kappa shape index (κ1) is 76.5. The van der Waals surface area contributed by atoms with Crippen molar-refractivity contribution in [2.75, 3.05) is 40.9 Å². The van der Waals surface area contributed by atoms with Crippen molar-refractivity contribution in [2.24, 2.45) is 0 Å². The van der Waals surface area contributed by atoms with Crippen molar-refractivity contribution >= 4 is 19.7 Å². The molecule has 1 amide bonds. The van der Waals surface area contributed by atoms with Crippen LogP contribution in [0.2, 0.25) is 0 Å². The average molecular weight is 1130 g/mol. The van der Waals surface area contributed by atoms with Crippen LogP contribution in [0.25, 0.3) is 0 Å². The Labute approximate surface area is 489 Å². The maximum atomic E-state index is 13.6. The molecule has 0 aromatic rings. The quantitative estimate of drug-likeness (QED) is 0.0212. The van der Waals surface area contributed by atoms with Gasteiger partial charge in [-0.05, 0) is 102 Å². The number of allylic oxidation sites excluding steroid dienone is 11. The van der Waals surface area contributed by atoms with E-state index in [9.17, 15) is 19.0 Å². The highest BCUT2D eigenvalue weighted by Gasteiger charge is 2.27. The van der Waals surface area contributed by atoms with Crippen LogP contribution in [0.5, 0.6) is 0 Å². The number of phosphoric ester groups is 1. The topological polar surface area (TPSA) is 114 Å². The van der Waals surface area contributed by atoms with Gasteiger partial charge in [0, 0.05) is 12.8 Å². The van der Waals surface area contributed by atoms with E-state index in [4.69, 9.17) is 13.8 Å². The lowest BCUT2D eigenvalue weighted by Crippen LogP contribution is -2.47. The Balaban J connectivity index is 5.17. The van der Waals surface area contributed by atoms with Crippen LogP contribution in [0, 0.1) is 0 Å². The Morgan fingerprint density at radius 3 is 1.19 bits per heavy atom. The fourth-order valence-electron chi connectivity index (χ4n) is 9.44. The van der Waals surface area contributed by atoms with Crippen molar-refractivity contribution in [1.82, 2.24) is 5.32 Å². The zero-order valence-electron chi connectivity index (χ0n) is 52.6. The lowest BCUT2D eigenvalue weighted by atomic mass is 10.0. The summed E-state index contributed by atoms with van der Waals surface area (Å²) >= 11 is 0. The Kier molecular flexibility index (Phi) is 56.7. The Hall–Kier alpha value is -2.55. The molecule has 0 bridgehead atoms. The van der Waals surface area contributed by atoms with Crippen LogP contribution in [0.3, 0.4) is 0 Å². The van der Waals surface area contributed by atoms with Crippen molar-refractivity contribution < 1.29 is 37.3 Å². The van der Waals surface area contributed by atoms with Crippen molar-refractivity contribution in [2.45, 2.75) is 315 Å². The molecule has 0 aromatic heterocycles. The summed E-state index contributed by atoms with van der Waals surface area (Å²) in [5, 5.41) is 3.03. The number of carbonyl (C=O) groups is 2. The van der Waals surface area contributed by atoms with Gasteiger partial charge >= 0.3 is 5.97 Å². The van der Waals surface area contributed by atoms with Crippen LogP contribution in [0.15, 0.2) is 72.9 Å². The van der Waals surface area contributed by atoms with Gasteiger partial charge in [0.05, 0.1) is 33.8 Å². The Morgan fingerprint density at radius 1 is 0.443 bits per heavy atom. The van der Waals surface area contributed by atoms with E-state index in [1.54, 1.807) is 0 Å². The van der Waals surface area contributed by atoms with Crippen molar-refractivity contribution in [3.8, 4) is 0 Å². The largest absolute Gasteiger partial charge is 0.756 e. The number of esters is 1. The zero-order valence-corrected chi connectivity index (χ0v) is 53.5. The third-order valence-electron chi connectivity index (χ3n) is 14.6. The highest BCUT2D eigenvalue weighted by atomic mass is 31.2. The lowest BCUT2D eigenvalue weighted by Gasteiger charge is -2.30. The first-order valence-corrected chi connectivity index (χ1v) is 34.7. The van der Waals surface area contributed by atoms with Gasteiger partial charge in [0.25, 0.3) is 7.82 Å². The SMILES string of the molecule is CCCCC/C=C\C/C=C\C/C=C\C/C=C\CCCCCCCC(=O)OC(/C=C/CCCCCCCCCCC)C(COP(=O)([O-])OCC[N+](C)(C)C)NC(=O)CCCCCCCCCCCCC/C=C/CCCCCCCC. The van der Waals surface area contributed by atoms with Gasteiger partial charge in [-0.2, -0.15) is 0 Å². The molecule has 10 heteroatoms. The summed E-state index contributed by atoms with van der Waals surface area (Å²) < 4.78 is 30.3. The van der Waals surface area contributed by atoms with Gasteiger partial charge in [-0.25, -0.2) is 0 Å². The second-order valence-corrected chi connectivity index (χ2v) is 25.0. The summed E-state index contributed by atoms with van der Waals surface area (Å²) in [5.74, 6) is -0.558. The highest BCUT2D eigenvalue weighted by molar-refractivity contribution is 7.45. The molecule has 3 unspecified atom stereocenters. The number of carbonyl (C=O) groups excluding carboxylic acids is 2. The number of nitrogens with one attached hydrogen (secondary N) is 1. The maximum absolute atomic E-state index is 13.6. The van der Waals surface area contributed by atoms with Crippen LogP contribution < -0.4 is 10.2 Å². The summed E-state index contributed by atoms with van der Waals surface area (Å²) in [7, 11) is 1.17. The number of amides is 1. The summed E-state index contributed by atoms with van der Waals surface area (Å²) in [6.07, 6.45) is 75.8. The van der Waals surface area contributed by atoms with Crippen LogP contribution >= 0.6 is 7.82 Å². The molecule has 0 saturated heterocycles. The minimum atomic E-state index is -4.71. The first-order chi connectivity index (χ1) is 38.4. The molecule has 3 atom stereocenters. The lowest BCUT2D eigenvalue weighted by molar-refractivity contribution is -0.870. The molecule has 79 heavy (non-hydrogen) atoms. The highest BCUT2D eigenvalue weighted by Crippen LogP contribution is 2.38. The van der Waals surface area contributed by atoms with E-state index in [0.717, 1.165) is 89.9 Å². The second kappa shape index (κ2) is 58.6. The van der Waals surface area contributed by atoms with Crippen LogP contribution in [0.4, 0.5) is 0 Å². The van der Waals surface area contributed by atoms with Crippen molar-refractivity contribution in [1.29, 1.82) is 0 Å². The van der Waals surface area contributed by atoms with E-state index in [-0.39, 0.29) is 24.9 Å². The van der Waals surface area contributed by atoms with Gasteiger partial charge < -0.3 is 28.5 Å². The summed E-state index contributed by atoms with van der Waals surface area (Å²) in [6, 6.07) is -0.899. The van der Waals surface area contributed by atoms with Gasteiger partial charge in [0.1, 0.15) is 19.3 Å². The number of hydrogen-bond donors (Lipinski definition) is 1. The molecular formula is C69H127N2O7P. The van der Waals surface area contributed by atoms with Gasteiger partial charge in [-0.15, -0.1) is 0 Å². The Bertz CT molecular complexity index is 1580. The van der Waals surface area contributed by atoms with E-state index in [1.807, 2.05) is 33.3 Å². The van der Waals surface area contributed by atoms with Gasteiger partial charge in [0.15, 0.2) is 0 Å². The van der Waals surface area contributed by atoms with E-state index in [1.165, 1.54) is 173 Å². The second-order valence-electron chi connectivity index (χ2n) is 23.6. The molecule has 0 saturated carbocycles. The van der Waals surface area contributed by atoms with Crippen molar-refractivity contribution in [3.63, 3.8) is 0 Å². The van der Waals surface area contributed by atoms with E-state index < -0.39 is 26.6 Å². The molecule has 0 aliphatic carbocycles. The zero-order chi connectivity index (χ0) is 57.9. The maximum Gasteiger partial charge on any atom is 0.306 e. The molecule has 0 spiro atoms. The minimum Gasteiger partial charge on any atom is -0.756 e. The molecule has 0 aliphatic heterocycles. The predicted octanol–water partition coefficient (Wildman–Crippen LogP) is 20.2. The van der Waals surface area contributed by atoms with Crippen LogP contribution in [-0.4, -0.2) is 69.4 Å². The number of hydrogen-bond acceptors (Lipinski definition) is 7. The standard InChI is InChI=1S/C69H127N2O7P/c1-7-10-13-16-19-22-25-27-29-31-33-35-37-39-41-43-46-49-52-55-58-61-68(72)70-66(65-77-79(74,75)76-64-63-71(4,5)6)67(60-57-54-51-48-45-24-21-18-15-12-9-3)78-69(73)62-59-56-53-50-47-44-42-40-38-36-34-32-30-28-26-23-20-17-14-11-8-2/h20,23,27-30,34,36,40,42,57,60,66-67H,7-19,21-22,24-26,31-33,35,37-39,41,43-56,58-59,61-65H2,1-6H3,(H-,70,72,74,75)/b23-20-,29-27+,30-28-,36-34-,42-40-,60-57+. The van der Waals surface area contributed by atoms with Gasteiger partial charge in [-0.1, -0.05) is 261 Å². The van der Waals surface area contributed by atoms with Gasteiger partial charge in [-0.3, -0.25) is 14.2 Å². The fourth-order valence-corrected chi connectivity index (χ4v) is 10.2. The number of nitrogens with zero attached hydrogens (tertiary/aromatic N) is 1. The molecule has 0 radical (unpaired) electrons. The van der Waals surface area contributed by atoms with Crippen LogP contribution in [0.1, 0.15) is 303 Å². The van der Waals surface area contributed by atoms with Crippen molar-refractivity contribution in [3.05, 3.63) is 72.9 Å². The number of quaternary nitrogens is 1. The number of likely N-dealkylation sites (N-methyl/N-ethyl adjacent to an activating group) is 1. The minimum absolute atomic E-state index is 0.0274. The smallest absolute Gasteiger partial charge is 0.306 e. The fraction of sp³-hybridized carbons (Fsp3) is 0.797.